The summed E-state index contributed by atoms with van der Waals surface area (Å²) < 4.78 is 0. The van der Waals surface area contributed by atoms with Gasteiger partial charge in [-0.05, 0) is 54.6 Å². The fourth-order valence-corrected chi connectivity index (χ4v) is 6.65. The molecule has 1 aromatic heterocycles. The van der Waals surface area contributed by atoms with Gasteiger partial charge in [0, 0.05) is 23.5 Å². The van der Waals surface area contributed by atoms with Crippen LogP contribution in [0.2, 0.25) is 0 Å². The fraction of sp³-hybridized carbons (Fsp3) is 0.650. The molecule has 0 spiro atoms. The molecule has 0 saturated carbocycles. The van der Waals surface area contributed by atoms with Crippen LogP contribution in [-0.4, -0.2) is 94.1 Å². The number of hydrogen-bond acceptors (Lipinski definition) is 8. The Bertz CT molecular complexity index is 1650. The summed E-state index contributed by atoms with van der Waals surface area (Å²) in [6.07, 6.45) is 0.663. The summed E-state index contributed by atoms with van der Waals surface area (Å²) in [5.41, 5.74) is 1.59. The standard InChI is InChI=1S/C40H64N8O7/c1-19(2)16-28-36(51)46-32(22(7)8)39(54)48-33(23(9)10)40(55)47-30(20(3)4)37(52)42-24(11)34(49)45-31(21(5)6)38(53)44-29(35(50)43-28)17-25-18-41-27-15-13-12-14-26(25)27/h12-15,18-24,28-33,37,41-42,52H,16-17H2,1-11H3,(H,43,50)(H,44,53)(H,45,49)(H,46,51)(H,47,55)(H,48,54)/t24-,28+,29-,30-,31+,32-,33+,37?/m0/s1. The monoisotopic (exact) mass is 768 g/mol. The van der Waals surface area contributed by atoms with E-state index in [9.17, 15) is 33.9 Å². The van der Waals surface area contributed by atoms with Gasteiger partial charge in [-0.25, -0.2) is 0 Å². The van der Waals surface area contributed by atoms with Gasteiger partial charge in [0.25, 0.3) is 0 Å². The van der Waals surface area contributed by atoms with Crippen LogP contribution in [0, 0.1) is 29.6 Å². The summed E-state index contributed by atoms with van der Waals surface area (Å²) in [6, 6.07) is 0.231. The van der Waals surface area contributed by atoms with Crippen molar-refractivity contribution in [2.75, 3.05) is 0 Å². The molecule has 1 aliphatic rings. The van der Waals surface area contributed by atoms with Gasteiger partial charge < -0.3 is 42.0 Å². The minimum Gasteiger partial charge on any atom is -0.376 e. The summed E-state index contributed by atoms with van der Waals surface area (Å²) in [5, 5.41) is 31.9. The summed E-state index contributed by atoms with van der Waals surface area (Å²) >= 11 is 0. The summed E-state index contributed by atoms with van der Waals surface area (Å²) in [6.45, 7) is 19.5. The quantitative estimate of drug-likeness (QED) is 0.192. The van der Waals surface area contributed by atoms with Gasteiger partial charge >= 0.3 is 0 Å². The maximum atomic E-state index is 14.3. The lowest BCUT2D eigenvalue weighted by Crippen LogP contribution is -2.62. The molecule has 1 unspecified atom stereocenters. The smallest absolute Gasteiger partial charge is 0.243 e. The normalized spacial score (nSPS) is 27.4. The van der Waals surface area contributed by atoms with E-state index < -0.39 is 95.8 Å². The Balaban J connectivity index is 2.12. The molecule has 0 aliphatic carbocycles. The van der Waals surface area contributed by atoms with Gasteiger partial charge in [-0.15, -0.1) is 0 Å². The number of H-pyrrole nitrogens is 1. The first-order valence-electron chi connectivity index (χ1n) is 19.5. The zero-order valence-corrected chi connectivity index (χ0v) is 34.2. The van der Waals surface area contributed by atoms with E-state index in [-0.39, 0.29) is 30.6 Å². The van der Waals surface area contributed by atoms with Gasteiger partial charge in [0.2, 0.25) is 35.4 Å². The van der Waals surface area contributed by atoms with Crippen molar-refractivity contribution in [3.05, 3.63) is 36.0 Å². The van der Waals surface area contributed by atoms with E-state index in [0.29, 0.717) is 0 Å². The lowest BCUT2D eigenvalue weighted by molar-refractivity contribution is -0.136. The molecule has 1 fully saturated rings. The van der Waals surface area contributed by atoms with Crippen molar-refractivity contribution in [1.29, 1.82) is 0 Å². The molecule has 306 valence electrons. The van der Waals surface area contributed by atoms with Crippen molar-refractivity contribution in [3.8, 4) is 0 Å². The van der Waals surface area contributed by atoms with Crippen LogP contribution in [0.25, 0.3) is 10.9 Å². The molecule has 1 aromatic carbocycles. The SMILES string of the molecule is CC(C)C[C@H]1NC(=O)[C@H](Cc2c[nH]c3ccccc23)NC(=O)[C@@H](C(C)C)NC(=O)[C@H](C)NC(O)[C@H](C(C)C)NC(=O)[C@@H](C(C)C)NC(=O)[C@H](C(C)C)NC1=O. The predicted molar refractivity (Wildman–Crippen MR) is 211 cm³/mol. The van der Waals surface area contributed by atoms with Crippen LogP contribution in [-0.2, 0) is 35.2 Å². The second-order valence-corrected chi connectivity index (χ2v) is 16.6. The van der Waals surface area contributed by atoms with Crippen LogP contribution in [0.4, 0.5) is 0 Å². The van der Waals surface area contributed by atoms with Crippen LogP contribution in [0.3, 0.4) is 0 Å². The molecule has 6 amide bonds. The summed E-state index contributed by atoms with van der Waals surface area (Å²) in [5.74, 6) is -5.12. The number of aromatic amines is 1. The third-order valence-electron chi connectivity index (χ3n) is 9.99. The van der Waals surface area contributed by atoms with Gasteiger partial charge in [0.05, 0.1) is 12.1 Å². The minimum absolute atomic E-state index is 0.0482. The number of aliphatic hydroxyl groups excluding tert-OH is 1. The summed E-state index contributed by atoms with van der Waals surface area (Å²) in [4.78, 5) is 86.6. The van der Waals surface area contributed by atoms with Gasteiger partial charge in [-0.1, -0.05) is 87.4 Å². The van der Waals surface area contributed by atoms with Gasteiger partial charge in [-0.2, -0.15) is 0 Å². The molecule has 15 heteroatoms. The first-order valence-corrected chi connectivity index (χ1v) is 19.5. The number of aliphatic hydroxyl groups is 1. The number of benzene rings is 1. The van der Waals surface area contributed by atoms with E-state index in [0.717, 1.165) is 16.5 Å². The maximum Gasteiger partial charge on any atom is 0.243 e. The highest BCUT2D eigenvalue weighted by Gasteiger charge is 2.37. The first kappa shape index (κ1) is 44.9. The van der Waals surface area contributed by atoms with Crippen molar-refractivity contribution in [3.63, 3.8) is 0 Å². The highest BCUT2D eigenvalue weighted by molar-refractivity contribution is 5.97. The molecule has 1 saturated heterocycles. The highest BCUT2D eigenvalue weighted by atomic mass is 16.3. The van der Waals surface area contributed by atoms with Crippen molar-refractivity contribution in [2.45, 2.75) is 138 Å². The number of para-hydroxylation sites is 1. The topological polar surface area (TPSA) is 223 Å². The number of fused-ring (bicyclic) bond motifs is 1. The van der Waals surface area contributed by atoms with Crippen molar-refractivity contribution >= 4 is 46.3 Å². The molecule has 1 aliphatic heterocycles. The van der Waals surface area contributed by atoms with Crippen molar-refractivity contribution in [1.82, 2.24) is 42.2 Å². The molecule has 0 bridgehead atoms. The number of nitrogens with one attached hydrogen (secondary N) is 8. The van der Waals surface area contributed by atoms with Gasteiger partial charge in [-0.3, -0.25) is 34.1 Å². The Labute approximate surface area is 325 Å². The van der Waals surface area contributed by atoms with E-state index in [2.05, 4.69) is 42.2 Å². The summed E-state index contributed by atoms with van der Waals surface area (Å²) in [7, 11) is 0. The Kier molecular flexibility index (Phi) is 16.2. The zero-order chi connectivity index (χ0) is 41.3. The number of carbonyl (C=O) groups is 6. The zero-order valence-electron chi connectivity index (χ0n) is 34.2. The molecule has 2 heterocycles. The van der Waals surface area contributed by atoms with E-state index >= 15 is 0 Å². The third kappa shape index (κ3) is 12.2. The molecule has 0 radical (unpaired) electrons. The Morgan fingerprint density at radius 3 is 1.60 bits per heavy atom. The van der Waals surface area contributed by atoms with Crippen LogP contribution in [0.15, 0.2) is 30.5 Å². The molecule has 8 atom stereocenters. The average molecular weight is 769 g/mol. The Hall–Kier alpha value is -4.50. The van der Waals surface area contributed by atoms with Crippen LogP contribution >= 0.6 is 0 Å². The fourth-order valence-electron chi connectivity index (χ4n) is 6.65. The molecule has 2 aromatic rings. The van der Waals surface area contributed by atoms with E-state index in [4.69, 9.17) is 0 Å². The Morgan fingerprint density at radius 1 is 0.582 bits per heavy atom. The van der Waals surface area contributed by atoms with Crippen molar-refractivity contribution < 1.29 is 33.9 Å². The molecule has 15 nitrogen and oxygen atoms in total. The lowest BCUT2D eigenvalue weighted by Gasteiger charge is -2.33. The molecule has 9 N–H and O–H groups in total. The van der Waals surface area contributed by atoms with Crippen molar-refractivity contribution in [2.24, 2.45) is 29.6 Å². The van der Waals surface area contributed by atoms with Crippen LogP contribution in [0.1, 0.15) is 88.1 Å². The highest BCUT2D eigenvalue weighted by Crippen LogP contribution is 2.20. The molecule has 55 heavy (non-hydrogen) atoms. The third-order valence-corrected chi connectivity index (χ3v) is 9.99. The number of hydrogen-bond donors (Lipinski definition) is 9. The number of aromatic nitrogens is 1. The van der Waals surface area contributed by atoms with Gasteiger partial charge in [0.15, 0.2) is 0 Å². The molecule has 3 rings (SSSR count). The maximum absolute atomic E-state index is 14.3. The second kappa shape index (κ2) is 19.9. The molecular formula is C40H64N8O7. The van der Waals surface area contributed by atoms with Crippen LogP contribution in [0.5, 0.6) is 0 Å². The largest absolute Gasteiger partial charge is 0.376 e. The van der Waals surface area contributed by atoms with E-state index in [1.54, 1.807) is 61.6 Å². The van der Waals surface area contributed by atoms with Gasteiger partial charge in [0.1, 0.15) is 36.4 Å². The molecular weight excluding hydrogens is 704 g/mol. The predicted octanol–water partition coefficient (Wildman–Crippen LogP) is 1.60. The van der Waals surface area contributed by atoms with E-state index in [1.165, 1.54) is 6.92 Å². The Morgan fingerprint density at radius 2 is 1.05 bits per heavy atom. The van der Waals surface area contributed by atoms with E-state index in [1.807, 2.05) is 38.1 Å². The lowest BCUT2D eigenvalue weighted by atomic mass is 9.96. The first-order chi connectivity index (χ1) is 25.7. The average Bonchev–Trinajstić information content (AvgIpc) is 3.50. The number of rotatable bonds is 8. The number of carbonyl (C=O) groups excluding carboxylic acids is 6. The minimum atomic E-state index is -1.39. The number of amides is 6. The van der Waals surface area contributed by atoms with Crippen LogP contribution < -0.4 is 37.2 Å². The second-order valence-electron chi connectivity index (χ2n) is 16.6.